The molecule has 148 valence electrons. The first-order valence-corrected chi connectivity index (χ1v) is 9.36. The number of benzene rings is 2. The Bertz CT molecular complexity index is 840. The van der Waals surface area contributed by atoms with E-state index in [0.29, 0.717) is 42.4 Å². The predicted octanol–water partition coefficient (Wildman–Crippen LogP) is 3.73. The van der Waals surface area contributed by atoms with Crippen LogP contribution < -0.4 is 20.1 Å². The summed E-state index contributed by atoms with van der Waals surface area (Å²) in [6, 6.07) is 13.6. The largest absolute Gasteiger partial charge is 0.497 e. The van der Waals surface area contributed by atoms with Gasteiger partial charge in [0.1, 0.15) is 17.5 Å². The molecule has 1 aliphatic heterocycles. The van der Waals surface area contributed by atoms with Crippen LogP contribution in [0.1, 0.15) is 19.8 Å². The molecule has 2 aromatic rings. The second-order valence-electron chi connectivity index (χ2n) is 6.43. The molecule has 7 nitrogen and oxygen atoms in total. The molecule has 0 radical (unpaired) electrons. The van der Waals surface area contributed by atoms with Gasteiger partial charge in [-0.05, 0) is 44.0 Å². The minimum Gasteiger partial charge on any atom is -0.497 e. The summed E-state index contributed by atoms with van der Waals surface area (Å²) in [7, 11) is 1.57. The zero-order valence-electron chi connectivity index (χ0n) is 16.1. The van der Waals surface area contributed by atoms with Crippen LogP contribution in [0, 0.1) is 0 Å². The summed E-state index contributed by atoms with van der Waals surface area (Å²) in [5.74, 6) is 1.05. The normalized spacial score (nSPS) is 15.8. The van der Waals surface area contributed by atoms with E-state index in [4.69, 9.17) is 9.47 Å². The number of carbonyl (C=O) groups is 2. The monoisotopic (exact) mass is 383 g/mol. The van der Waals surface area contributed by atoms with Crippen molar-refractivity contribution in [2.24, 2.45) is 0 Å². The first-order valence-electron chi connectivity index (χ1n) is 9.36. The number of anilines is 2. The summed E-state index contributed by atoms with van der Waals surface area (Å²) >= 11 is 0. The lowest BCUT2D eigenvalue weighted by Gasteiger charge is -2.24. The van der Waals surface area contributed by atoms with Crippen LogP contribution in [0.15, 0.2) is 48.5 Å². The van der Waals surface area contributed by atoms with Gasteiger partial charge in [-0.15, -0.1) is 0 Å². The van der Waals surface area contributed by atoms with E-state index in [9.17, 15) is 9.59 Å². The number of carbonyl (C=O) groups excluding carboxylic acids is 2. The second kappa shape index (κ2) is 9.12. The minimum absolute atomic E-state index is 0.217. The lowest BCUT2D eigenvalue weighted by molar-refractivity contribution is -0.119. The number of nitrogens with one attached hydrogen (secondary N) is 2. The molecule has 1 heterocycles. The third-order valence-corrected chi connectivity index (χ3v) is 4.58. The summed E-state index contributed by atoms with van der Waals surface area (Å²) in [4.78, 5) is 27.1. The topological polar surface area (TPSA) is 79.9 Å². The van der Waals surface area contributed by atoms with Crippen LogP contribution in [0.4, 0.5) is 16.2 Å². The Kier molecular flexibility index (Phi) is 6.37. The smallest absolute Gasteiger partial charge is 0.322 e. The number of ether oxygens (including phenoxy) is 2. The van der Waals surface area contributed by atoms with Crippen molar-refractivity contribution in [3.63, 3.8) is 0 Å². The van der Waals surface area contributed by atoms with Gasteiger partial charge in [-0.1, -0.05) is 18.2 Å². The van der Waals surface area contributed by atoms with Gasteiger partial charge in [0, 0.05) is 18.3 Å². The summed E-state index contributed by atoms with van der Waals surface area (Å²) < 4.78 is 10.7. The fourth-order valence-corrected chi connectivity index (χ4v) is 3.25. The number of hydrogen-bond acceptors (Lipinski definition) is 4. The van der Waals surface area contributed by atoms with Crippen LogP contribution in [0.25, 0.3) is 0 Å². The van der Waals surface area contributed by atoms with Crippen LogP contribution in [0.5, 0.6) is 11.5 Å². The number of nitrogens with zero attached hydrogens (tertiary/aromatic N) is 1. The Morgan fingerprint density at radius 2 is 1.96 bits per heavy atom. The molecule has 2 N–H and O–H groups in total. The van der Waals surface area contributed by atoms with Gasteiger partial charge in [-0.3, -0.25) is 4.79 Å². The van der Waals surface area contributed by atoms with E-state index in [0.717, 1.165) is 6.42 Å². The van der Waals surface area contributed by atoms with Crippen LogP contribution in [-0.2, 0) is 4.79 Å². The fourth-order valence-electron chi connectivity index (χ4n) is 3.25. The third kappa shape index (κ3) is 4.54. The number of urea groups is 1. The van der Waals surface area contributed by atoms with E-state index in [1.54, 1.807) is 48.4 Å². The van der Waals surface area contributed by atoms with E-state index >= 15 is 0 Å². The van der Waals surface area contributed by atoms with Crippen LogP contribution in [0.2, 0.25) is 0 Å². The molecule has 0 bridgehead atoms. The molecule has 0 saturated carbocycles. The van der Waals surface area contributed by atoms with E-state index in [1.807, 2.05) is 19.1 Å². The molecule has 7 heteroatoms. The van der Waals surface area contributed by atoms with E-state index in [-0.39, 0.29) is 11.9 Å². The predicted molar refractivity (Wildman–Crippen MR) is 108 cm³/mol. The quantitative estimate of drug-likeness (QED) is 0.797. The maximum atomic E-state index is 12.8. The van der Waals surface area contributed by atoms with Gasteiger partial charge in [0.15, 0.2) is 0 Å². The molecule has 0 aromatic heterocycles. The molecule has 1 unspecified atom stereocenters. The minimum atomic E-state index is -0.528. The molecule has 1 fully saturated rings. The van der Waals surface area contributed by atoms with Crippen molar-refractivity contribution >= 4 is 23.3 Å². The summed E-state index contributed by atoms with van der Waals surface area (Å²) in [5.41, 5.74) is 1.23. The van der Waals surface area contributed by atoms with Gasteiger partial charge < -0.3 is 25.0 Å². The molecule has 1 aliphatic rings. The highest BCUT2D eigenvalue weighted by Crippen LogP contribution is 2.26. The molecule has 0 spiro atoms. The maximum Gasteiger partial charge on any atom is 0.322 e. The first kappa shape index (κ1) is 19.5. The molecule has 1 saturated heterocycles. The van der Waals surface area contributed by atoms with Crippen LogP contribution in [-0.4, -0.2) is 43.1 Å². The number of likely N-dealkylation sites (tertiary alicyclic amines) is 1. The van der Waals surface area contributed by atoms with Crippen molar-refractivity contribution in [1.82, 2.24) is 4.90 Å². The Labute approximate surface area is 164 Å². The van der Waals surface area contributed by atoms with Crippen molar-refractivity contribution in [2.45, 2.75) is 25.8 Å². The first-order chi connectivity index (χ1) is 13.6. The highest BCUT2D eigenvalue weighted by atomic mass is 16.5. The zero-order valence-corrected chi connectivity index (χ0v) is 16.1. The molecule has 28 heavy (non-hydrogen) atoms. The Hall–Kier alpha value is -3.22. The van der Waals surface area contributed by atoms with E-state index < -0.39 is 6.04 Å². The number of rotatable bonds is 6. The summed E-state index contributed by atoms with van der Waals surface area (Å²) in [6.07, 6.45) is 1.39. The molecule has 2 aromatic carbocycles. The van der Waals surface area contributed by atoms with Crippen molar-refractivity contribution in [1.29, 1.82) is 0 Å². The Morgan fingerprint density at radius 3 is 2.75 bits per heavy atom. The molecule has 3 rings (SSSR count). The highest BCUT2D eigenvalue weighted by Gasteiger charge is 2.34. The van der Waals surface area contributed by atoms with E-state index in [1.165, 1.54) is 0 Å². The molecule has 1 atom stereocenters. The number of para-hydroxylation sites is 2. The van der Waals surface area contributed by atoms with Gasteiger partial charge >= 0.3 is 6.03 Å². The number of amides is 3. The third-order valence-electron chi connectivity index (χ3n) is 4.58. The Balaban J connectivity index is 1.68. The van der Waals surface area contributed by atoms with Crippen molar-refractivity contribution < 1.29 is 19.1 Å². The van der Waals surface area contributed by atoms with Gasteiger partial charge in [0.25, 0.3) is 0 Å². The highest BCUT2D eigenvalue weighted by molar-refractivity contribution is 6.00. The van der Waals surface area contributed by atoms with Gasteiger partial charge in [-0.2, -0.15) is 0 Å². The average Bonchev–Trinajstić information content (AvgIpc) is 3.20. The van der Waals surface area contributed by atoms with Crippen molar-refractivity contribution in [3.8, 4) is 11.5 Å². The number of methoxy groups -OCH3 is 1. The molecule has 0 aliphatic carbocycles. The molecular formula is C21H25N3O4. The lowest BCUT2D eigenvalue weighted by atomic mass is 10.2. The van der Waals surface area contributed by atoms with E-state index in [2.05, 4.69) is 10.6 Å². The fraction of sp³-hybridized carbons (Fsp3) is 0.333. The zero-order chi connectivity index (χ0) is 19.9. The van der Waals surface area contributed by atoms with Crippen LogP contribution >= 0.6 is 0 Å². The second-order valence-corrected chi connectivity index (χ2v) is 6.43. The van der Waals surface area contributed by atoms with Gasteiger partial charge in [0.05, 0.1) is 19.4 Å². The maximum absolute atomic E-state index is 12.8. The van der Waals surface area contributed by atoms with Gasteiger partial charge in [-0.25, -0.2) is 4.79 Å². The SMILES string of the molecule is CCOc1ccccc1NC(=O)C1CCCN1C(=O)Nc1cccc(OC)c1. The summed E-state index contributed by atoms with van der Waals surface area (Å²) in [5, 5.41) is 5.74. The van der Waals surface area contributed by atoms with Crippen molar-refractivity contribution in [3.05, 3.63) is 48.5 Å². The Morgan fingerprint density at radius 1 is 1.14 bits per heavy atom. The molecule has 3 amide bonds. The lowest BCUT2D eigenvalue weighted by Crippen LogP contribution is -2.45. The van der Waals surface area contributed by atoms with Gasteiger partial charge in [0.2, 0.25) is 5.91 Å². The standard InChI is InChI=1S/C21H25N3O4/c1-3-28-19-12-5-4-10-17(19)23-20(25)18-11-7-13-24(18)21(26)22-15-8-6-9-16(14-15)27-2/h4-6,8-10,12,14,18H,3,7,11,13H2,1-2H3,(H,22,26)(H,23,25). The number of hydrogen-bond donors (Lipinski definition) is 2. The average molecular weight is 383 g/mol. The molecular weight excluding hydrogens is 358 g/mol. The summed E-state index contributed by atoms with van der Waals surface area (Å²) in [6.45, 7) is 2.92. The van der Waals surface area contributed by atoms with Crippen LogP contribution in [0.3, 0.4) is 0 Å². The van der Waals surface area contributed by atoms with Crippen molar-refractivity contribution in [2.75, 3.05) is 30.9 Å².